The van der Waals surface area contributed by atoms with Crippen molar-refractivity contribution in [3.8, 4) is 11.5 Å². The first-order valence-electron chi connectivity index (χ1n) is 7.99. The van der Waals surface area contributed by atoms with Crippen LogP contribution in [0, 0.1) is 0 Å². The highest BCUT2D eigenvalue weighted by Gasteiger charge is 2.28. The summed E-state index contributed by atoms with van der Waals surface area (Å²) in [6, 6.07) is 16.0. The van der Waals surface area contributed by atoms with E-state index in [1.807, 2.05) is 12.1 Å². The Balaban J connectivity index is 1.41. The monoisotopic (exact) mass is 354 g/mol. The second-order valence-corrected chi connectivity index (χ2v) is 6.31. The molecule has 2 aromatic carbocycles. The molecule has 1 heterocycles. The van der Waals surface area contributed by atoms with Crippen molar-refractivity contribution in [1.82, 2.24) is 5.16 Å². The largest absolute Gasteiger partial charge is 0.456 e. The van der Waals surface area contributed by atoms with Crippen molar-refractivity contribution >= 4 is 23.2 Å². The normalized spacial score (nSPS) is 13.5. The Bertz CT molecular complexity index is 901. The number of halogens is 1. The van der Waals surface area contributed by atoms with Gasteiger partial charge in [0.15, 0.2) is 5.69 Å². The van der Waals surface area contributed by atoms with Crippen LogP contribution in [0.5, 0.6) is 11.5 Å². The molecular formula is C19H15ClN2O3. The molecule has 0 saturated heterocycles. The van der Waals surface area contributed by atoms with E-state index in [1.54, 1.807) is 42.5 Å². The zero-order valence-electron chi connectivity index (χ0n) is 13.2. The molecule has 0 unspecified atom stereocenters. The number of nitrogens with one attached hydrogen (secondary N) is 1. The number of para-hydroxylation sites is 1. The number of carbonyl (C=O) groups excluding carboxylic acids is 1. The number of benzene rings is 2. The summed E-state index contributed by atoms with van der Waals surface area (Å²) in [4.78, 5) is 12.2. The molecule has 6 heteroatoms. The Hall–Kier alpha value is -2.79. The molecular weight excluding hydrogens is 340 g/mol. The second kappa shape index (κ2) is 6.61. The number of anilines is 1. The van der Waals surface area contributed by atoms with Gasteiger partial charge in [-0.2, -0.15) is 0 Å². The lowest BCUT2D eigenvalue weighted by Gasteiger charge is -2.08. The maximum atomic E-state index is 12.2. The van der Waals surface area contributed by atoms with E-state index >= 15 is 0 Å². The van der Waals surface area contributed by atoms with Gasteiger partial charge in [0.25, 0.3) is 5.91 Å². The summed E-state index contributed by atoms with van der Waals surface area (Å²) in [6.45, 7) is 0. The van der Waals surface area contributed by atoms with Crippen LogP contribution in [0.2, 0.25) is 5.02 Å². The fraction of sp³-hybridized carbons (Fsp3) is 0.158. The number of hydrogen-bond acceptors (Lipinski definition) is 4. The van der Waals surface area contributed by atoms with Crippen LogP contribution in [0.1, 0.15) is 35.0 Å². The molecule has 5 nitrogen and oxygen atoms in total. The van der Waals surface area contributed by atoms with Crippen molar-refractivity contribution in [3.63, 3.8) is 0 Å². The van der Waals surface area contributed by atoms with Crippen LogP contribution in [-0.4, -0.2) is 11.1 Å². The molecule has 4 rings (SSSR count). The molecule has 1 aliphatic rings. The first-order chi connectivity index (χ1) is 12.2. The molecule has 0 spiro atoms. The van der Waals surface area contributed by atoms with Crippen LogP contribution in [0.15, 0.2) is 59.1 Å². The summed E-state index contributed by atoms with van der Waals surface area (Å²) >= 11 is 6.07. The molecule has 1 fully saturated rings. The van der Waals surface area contributed by atoms with Gasteiger partial charge < -0.3 is 14.6 Å². The van der Waals surface area contributed by atoms with Gasteiger partial charge in [0.05, 0.1) is 5.02 Å². The van der Waals surface area contributed by atoms with E-state index in [1.165, 1.54) is 0 Å². The van der Waals surface area contributed by atoms with E-state index in [0.717, 1.165) is 18.6 Å². The highest BCUT2D eigenvalue weighted by Crippen LogP contribution is 2.40. The molecule has 1 aromatic heterocycles. The molecule has 0 bridgehead atoms. The molecule has 1 amide bonds. The van der Waals surface area contributed by atoms with E-state index in [0.29, 0.717) is 33.8 Å². The van der Waals surface area contributed by atoms with Crippen molar-refractivity contribution in [2.75, 3.05) is 5.32 Å². The van der Waals surface area contributed by atoms with Gasteiger partial charge in [-0.25, -0.2) is 0 Å². The molecule has 1 aliphatic carbocycles. The van der Waals surface area contributed by atoms with E-state index in [4.69, 9.17) is 20.9 Å². The van der Waals surface area contributed by atoms with Gasteiger partial charge in [0.1, 0.15) is 17.3 Å². The van der Waals surface area contributed by atoms with Crippen LogP contribution in [0.4, 0.5) is 5.69 Å². The summed E-state index contributed by atoms with van der Waals surface area (Å²) < 4.78 is 10.9. The van der Waals surface area contributed by atoms with Crippen molar-refractivity contribution in [2.24, 2.45) is 0 Å². The van der Waals surface area contributed by atoms with Crippen molar-refractivity contribution < 1.29 is 14.1 Å². The number of aromatic nitrogens is 1. The lowest BCUT2D eigenvalue weighted by Crippen LogP contribution is -2.12. The molecule has 1 N–H and O–H groups in total. The minimum absolute atomic E-state index is 0.290. The number of hydrogen-bond donors (Lipinski definition) is 1. The lowest BCUT2D eigenvalue weighted by atomic mass is 10.2. The maximum absolute atomic E-state index is 12.2. The van der Waals surface area contributed by atoms with E-state index in [2.05, 4.69) is 10.5 Å². The maximum Gasteiger partial charge on any atom is 0.277 e. The Morgan fingerprint density at radius 2 is 1.92 bits per heavy atom. The average molecular weight is 355 g/mol. The van der Waals surface area contributed by atoms with E-state index < -0.39 is 0 Å². The Morgan fingerprint density at radius 3 is 2.64 bits per heavy atom. The Kier molecular flexibility index (Phi) is 4.15. The number of nitrogens with zero attached hydrogens (tertiary/aromatic N) is 1. The first-order valence-corrected chi connectivity index (χ1v) is 8.37. The van der Waals surface area contributed by atoms with Crippen molar-refractivity contribution in [1.29, 1.82) is 0 Å². The predicted molar refractivity (Wildman–Crippen MR) is 94.4 cm³/mol. The highest BCUT2D eigenvalue weighted by molar-refractivity contribution is 6.32. The number of amides is 1. The van der Waals surface area contributed by atoms with Gasteiger partial charge in [0.2, 0.25) is 0 Å². The van der Waals surface area contributed by atoms with Gasteiger partial charge in [-0.3, -0.25) is 4.79 Å². The van der Waals surface area contributed by atoms with E-state index in [-0.39, 0.29) is 5.91 Å². The fourth-order valence-corrected chi connectivity index (χ4v) is 2.59. The zero-order valence-corrected chi connectivity index (χ0v) is 14.0. The third kappa shape index (κ3) is 3.67. The van der Waals surface area contributed by atoms with Gasteiger partial charge >= 0.3 is 0 Å². The second-order valence-electron chi connectivity index (χ2n) is 5.90. The van der Waals surface area contributed by atoms with Crippen LogP contribution < -0.4 is 10.1 Å². The first kappa shape index (κ1) is 15.7. The van der Waals surface area contributed by atoms with Crippen LogP contribution in [0.25, 0.3) is 0 Å². The van der Waals surface area contributed by atoms with Gasteiger partial charge in [-0.15, -0.1) is 0 Å². The molecule has 3 aromatic rings. The Morgan fingerprint density at radius 1 is 1.16 bits per heavy atom. The van der Waals surface area contributed by atoms with Crippen molar-refractivity contribution in [2.45, 2.75) is 18.8 Å². The van der Waals surface area contributed by atoms with Gasteiger partial charge in [-0.1, -0.05) is 28.9 Å². The highest BCUT2D eigenvalue weighted by atomic mass is 35.5. The predicted octanol–water partition coefficient (Wildman–Crippen LogP) is 5.25. The van der Waals surface area contributed by atoms with E-state index in [9.17, 15) is 4.79 Å². The number of ether oxygens (including phenoxy) is 1. The summed E-state index contributed by atoms with van der Waals surface area (Å²) in [5, 5.41) is 7.16. The topological polar surface area (TPSA) is 64.4 Å². The summed E-state index contributed by atoms with van der Waals surface area (Å²) in [6.07, 6.45) is 2.20. The summed E-state index contributed by atoms with van der Waals surface area (Å²) in [5.74, 6) is 2.12. The third-order valence-corrected chi connectivity index (χ3v) is 4.23. The molecule has 0 aliphatic heterocycles. The average Bonchev–Trinajstić information content (AvgIpc) is 3.35. The van der Waals surface area contributed by atoms with Crippen LogP contribution in [-0.2, 0) is 0 Å². The van der Waals surface area contributed by atoms with Gasteiger partial charge in [-0.05, 0) is 49.2 Å². The summed E-state index contributed by atoms with van der Waals surface area (Å²) in [5.41, 5.74) is 0.936. The van der Waals surface area contributed by atoms with Crippen molar-refractivity contribution in [3.05, 3.63) is 71.1 Å². The lowest BCUT2D eigenvalue weighted by molar-refractivity contribution is 0.101. The molecule has 126 valence electrons. The summed E-state index contributed by atoms with van der Waals surface area (Å²) in [7, 11) is 0. The molecule has 0 radical (unpaired) electrons. The standard InChI is InChI=1S/C19H15ClN2O3/c20-15-3-1-2-4-17(15)24-14-9-7-13(8-10-14)21-19(23)16-11-18(25-22-16)12-5-6-12/h1-4,7-12H,5-6H2,(H,21,23). The molecule has 0 atom stereocenters. The third-order valence-electron chi connectivity index (χ3n) is 3.92. The van der Waals surface area contributed by atoms with Gasteiger partial charge in [0, 0.05) is 17.7 Å². The smallest absolute Gasteiger partial charge is 0.277 e. The van der Waals surface area contributed by atoms with Crippen LogP contribution in [0.3, 0.4) is 0 Å². The fourth-order valence-electron chi connectivity index (χ4n) is 2.41. The quantitative estimate of drug-likeness (QED) is 0.679. The number of rotatable bonds is 5. The Labute approximate surface area is 149 Å². The minimum atomic E-state index is -0.296. The molecule has 1 saturated carbocycles. The SMILES string of the molecule is O=C(Nc1ccc(Oc2ccccc2Cl)cc1)c1cc(C2CC2)on1. The molecule has 25 heavy (non-hydrogen) atoms. The van der Waals surface area contributed by atoms with Crippen LogP contribution >= 0.6 is 11.6 Å². The zero-order chi connectivity index (χ0) is 17.2. The number of carbonyl (C=O) groups is 1. The minimum Gasteiger partial charge on any atom is -0.456 e.